The first-order valence-corrected chi connectivity index (χ1v) is 9.31. The Bertz CT molecular complexity index is 527. The van der Waals surface area contributed by atoms with Crippen LogP contribution in [0.15, 0.2) is 0 Å². The summed E-state index contributed by atoms with van der Waals surface area (Å²) in [5.41, 5.74) is -4.16. The van der Waals surface area contributed by atoms with Crippen LogP contribution < -0.4 is 0 Å². The second-order valence-electron chi connectivity index (χ2n) is 8.18. The van der Waals surface area contributed by atoms with Gasteiger partial charge in [0.2, 0.25) is 0 Å². The second kappa shape index (κ2) is 8.27. The Morgan fingerprint density at radius 2 is 0.926 bits per heavy atom. The van der Waals surface area contributed by atoms with Gasteiger partial charge in [-0.15, -0.1) is 0 Å². The van der Waals surface area contributed by atoms with Gasteiger partial charge in [-0.1, -0.05) is 40.5 Å². The molecule has 0 amide bonds. The Labute approximate surface area is 158 Å². The van der Waals surface area contributed by atoms with E-state index in [1.807, 2.05) is 0 Å². The lowest BCUT2D eigenvalue weighted by Gasteiger charge is -2.41. The van der Waals surface area contributed by atoms with Crippen molar-refractivity contribution in [3.63, 3.8) is 0 Å². The SMILES string of the molecule is CC(C)C(C(=O)O)(C(=O)O)C1CCCCC(C(C(=O)O)(C(=O)O)C(C)C)C1. The summed E-state index contributed by atoms with van der Waals surface area (Å²) in [4.78, 5) is 48.2. The predicted molar refractivity (Wildman–Crippen MR) is 95.2 cm³/mol. The molecular weight excluding hydrogens is 356 g/mol. The molecule has 8 nitrogen and oxygen atoms in total. The quantitative estimate of drug-likeness (QED) is 0.367. The Morgan fingerprint density at radius 3 is 1.11 bits per heavy atom. The van der Waals surface area contributed by atoms with Crippen LogP contribution in [-0.4, -0.2) is 44.3 Å². The van der Waals surface area contributed by atoms with Crippen molar-refractivity contribution in [2.24, 2.45) is 34.5 Å². The third-order valence-corrected chi connectivity index (χ3v) is 6.45. The molecule has 0 aliphatic heterocycles. The van der Waals surface area contributed by atoms with Crippen LogP contribution in [-0.2, 0) is 19.2 Å². The Hall–Kier alpha value is -2.12. The summed E-state index contributed by atoms with van der Waals surface area (Å²) in [5.74, 6) is -9.02. The molecule has 8 heteroatoms. The first-order chi connectivity index (χ1) is 12.4. The van der Waals surface area contributed by atoms with Gasteiger partial charge in [0.15, 0.2) is 10.8 Å². The number of aliphatic carboxylic acids is 4. The van der Waals surface area contributed by atoms with Crippen LogP contribution in [0.2, 0.25) is 0 Å². The van der Waals surface area contributed by atoms with Gasteiger partial charge in [-0.2, -0.15) is 0 Å². The summed E-state index contributed by atoms with van der Waals surface area (Å²) in [6, 6.07) is 0. The molecule has 0 aromatic rings. The largest absolute Gasteiger partial charge is 0.480 e. The van der Waals surface area contributed by atoms with Crippen LogP contribution in [0.5, 0.6) is 0 Å². The summed E-state index contributed by atoms with van der Waals surface area (Å²) < 4.78 is 0. The Morgan fingerprint density at radius 1 is 0.667 bits per heavy atom. The van der Waals surface area contributed by atoms with Crippen LogP contribution in [0.1, 0.15) is 59.8 Å². The minimum absolute atomic E-state index is 0.0619. The van der Waals surface area contributed by atoms with Crippen molar-refractivity contribution in [3.8, 4) is 0 Å². The summed E-state index contributed by atoms with van der Waals surface area (Å²) >= 11 is 0. The molecule has 4 N–H and O–H groups in total. The molecular formula is C19H30O8. The van der Waals surface area contributed by atoms with E-state index >= 15 is 0 Å². The van der Waals surface area contributed by atoms with Crippen molar-refractivity contribution in [1.29, 1.82) is 0 Å². The molecule has 0 saturated heterocycles. The molecule has 2 atom stereocenters. The average molecular weight is 386 g/mol. The van der Waals surface area contributed by atoms with Crippen LogP contribution in [0.4, 0.5) is 0 Å². The van der Waals surface area contributed by atoms with Gasteiger partial charge in [-0.3, -0.25) is 19.2 Å². The first kappa shape index (κ1) is 22.9. The Balaban J connectivity index is 3.55. The third-order valence-electron chi connectivity index (χ3n) is 6.45. The number of carbonyl (C=O) groups is 4. The van der Waals surface area contributed by atoms with Crippen LogP contribution >= 0.6 is 0 Å². The van der Waals surface area contributed by atoms with Crippen molar-refractivity contribution >= 4 is 23.9 Å². The van der Waals surface area contributed by atoms with Gasteiger partial charge in [0.05, 0.1) is 0 Å². The Kier molecular flexibility index (Phi) is 7.02. The molecule has 1 fully saturated rings. The number of hydrogen-bond donors (Lipinski definition) is 4. The van der Waals surface area contributed by atoms with Gasteiger partial charge in [-0.25, -0.2) is 0 Å². The zero-order valence-electron chi connectivity index (χ0n) is 16.3. The highest BCUT2D eigenvalue weighted by Gasteiger charge is 2.60. The lowest BCUT2D eigenvalue weighted by atomic mass is 9.59. The minimum Gasteiger partial charge on any atom is -0.480 e. The van der Waals surface area contributed by atoms with Crippen molar-refractivity contribution in [3.05, 3.63) is 0 Å². The fourth-order valence-electron chi connectivity index (χ4n) is 5.00. The molecule has 1 aliphatic carbocycles. The van der Waals surface area contributed by atoms with Gasteiger partial charge >= 0.3 is 23.9 Å². The standard InChI is InChI=1S/C19H30O8/c1-10(2)18(14(20)21,15(22)23)12-7-5-6-8-13(9-12)19(11(3)4,16(24)25)17(26)27/h10-13H,5-9H2,1-4H3,(H,20,21)(H,22,23)(H,24,25)(H,26,27). The minimum atomic E-state index is -2.08. The molecule has 1 rings (SSSR count). The number of hydrogen-bond acceptors (Lipinski definition) is 4. The number of rotatable bonds is 8. The molecule has 0 radical (unpaired) electrons. The van der Waals surface area contributed by atoms with E-state index in [9.17, 15) is 39.6 Å². The van der Waals surface area contributed by atoms with Crippen LogP contribution in [0.3, 0.4) is 0 Å². The lowest BCUT2D eigenvalue weighted by Crippen LogP contribution is -2.53. The maximum absolute atomic E-state index is 12.1. The van der Waals surface area contributed by atoms with E-state index in [1.165, 1.54) is 27.7 Å². The van der Waals surface area contributed by atoms with Crippen molar-refractivity contribution in [1.82, 2.24) is 0 Å². The molecule has 0 bridgehead atoms. The molecule has 0 heterocycles. The van der Waals surface area contributed by atoms with Crippen LogP contribution in [0.25, 0.3) is 0 Å². The van der Waals surface area contributed by atoms with Gasteiger partial charge in [0, 0.05) is 0 Å². The highest BCUT2D eigenvalue weighted by atomic mass is 16.4. The van der Waals surface area contributed by atoms with Gasteiger partial charge in [-0.05, 0) is 42.9 Å². The monoisotopic (exact) mass is 386 g/mol. The molecule has 0 spiro atoms. The molecule has 0 aromatic carbocycles. The molecule has 1 saturated carbocycles. The first-order valence-electron chi connectivity index (χ1n) is 9.31. The number of carboxylic acids is 4. The zero-order valence-corrected chi connectivity index (χ0v) is 16.3. The van der Waals surface area contributed by atoms with E-state index in [0.717, 1.165) is 0 Å². The molecule has 2 unspecified atom stereocenters. The highest BCUT2D eigenvalue weighted by molar-refractivity contribution is 6.00. The smallest absolute Gasteiger partial charge is 0.321 e. The average Bonchev–Trinajstić information content (AvgIpc) is 2.72. The van der Waals surface area contributed by atoms with Gasteiger partial charge < -0.3 is 20.4 Å². The topological polar surface area (TPSA) is 149 Å². The van der Waals surface area contributed by atoms with E-state index in [2.05, 4.69) is 0 Å². The third kappa shape index (κ3) is 3.53. The highest BCUT2D eigenvalue weighted by Crippen LogP contribution is 2.51. The molecule has 27 heavy (non-hydrogen) atoms. The van der Waals surface area contributed by atoms with Gasteiger partial charge in [0.1, 0.15) is 0 Å². The lowest BCUT2D eigenvalue weighted by molar-refractivity contribution is -0.178. The summed E-state index contributed by atoms with van der Waals surface area (Å²) in [6.45, 7) is 6.08. The summed E-state index contributed by atoms with van der Waals surface area (Å²) in [7, 11) is 0. The van der Waals surface area contributed by atoms with E-state index in [1.54, 1.807) is 0 Å². The van der Waals surface area contributed by atoms with E-state index < -0.39 is 58.4 Å². The maximum Gasteiger partial charge on any atom is 0.321 e. The summed E-state index contributed by atoms with van der Waals surface area (Å²) in [5, 5.41) is 39.2. The zero-order chi connectivity index (χ0) is 21.2. The fourth-order valence-corrected chi connectivity index (χ4v) is 5.00. The predicted octanol–water partition coefficient (Wildman–Crippen LogP) is 2.81. The molecule has 154 valence electrons. The fraction of sp³-hybridized carbons (Fsp3) is 0.789. The van der Waals surface area contributed by atoms with E-state index in [4.69, 9.17) is 0 Å². The second-order valence-corrected chi connectivity index (χ2v) is 8.18. The summed E-state index contributed by atoms with van der Waals surface area (Å²) in [6.07, 6.45) is 1.61. The van der Waals surface area contributed by atoms with E-state index in [-0.39, 0.29) is 6.42 Å². The van der Waals surface area contributed by atoms with E-state index in [0.29, 0.717) is 25.7 Å². The maximum atomic E-state index is 12.1. The molecule has 0 aromatic heterocycles. The van der Waals surface area contributed by atoms with Gasteiger partial charge in [0.25, 0.3) is 0 Å². The van der Waals surface area contributed by atoms with Crippen molar-refractivity contribution in [2.75, 3.05) is 0 Å². The number of carboxylic acid groups (broad SMARTS) is 4. The van der Waals surface area contributed by atoms with Crippen molar-refractivity contribution < 1.29 is 39.6 Å². The molecule has 1 aliphatic rings. The van der Waals surface area contributed by atoms with Crippen molar-refractivity contribution in [2.45, 2.75) is 59.8 Å². The van der Waals surface area contributed by atoms with Crippen LogP contribution in [0, 0.1) is 34.5 Å². The normalized spacial score (nSPS) is 21.7.